The maximum Gasteiger partial charge on any atom is 0.257 e. The van der Waals surface area contributed by atoms with Crippen molar-refractivity contribution in [3.8, 4) is 5.75 Å². The van der Waals surface area contributed by atoms with Gasteiger partial charge < -0.3 is 14.8 Å². The van der Waals surface area contributed by atoms with Crippen LogP contribution in [0.2, 0.25) is 0 Å². The first-order valence-corrected chi connectivity index (χ1v) is 9.29. The molecule has 26 heavy (non-hydrogen) atoms. The Hall–Kier alpha value is -2.40. The Morgan fingerprint density at radius 2 is 1.85 bits per heavy atom. The predicted octanol–water partition coefficient (Wildman–Crippen LogP) is 4.83. The molecule has 5 nitrogen and oxygen atoms in total. The lowest BCUT2D eigenvalue weighted by Crippen LogP contribution is -2.12. The van der Waals surface area contributed by atoms with Crippen molar-refractivity contribution in [1.29, 1.82) is 0 Å². The van der Waals surface area contributed by atoms with Gasteiger partial charge in [-0.05, 0) is 49.7 Å². The zero-order chi connectivity index (χ0) is 18.6. The number of hydrogen-bond acceptors (Lipinski definition) is 4. The second-order valence-electron chi connectivity index (χ2n) is 6.06. The molecule has 0 aliphatic rings. The van der Waals surface area contributed by atoms with E-state index in [0.29, 0.717) is 18.8 Å². The Labute approximate surface area is 155 Å². The van der Waals surface area contributed by atoms with Gasteiger partial charge in [0.2, 0.25) is 0 Å². The molecule has 2 rings (SSSR count). The molecule has 140 valence electrons. The summed E-state index contributed by atoms with van der Waals surface area (Å²) in [6.07, 6.45) is 6.30. The van der Waals surface area contributed by atoms with E-state index in [-0.39, 0.29) is 5.91 Å². The van der Waals surface area contributed by atoms with E-state index in [4.69, 9.17) is 9.47 Å². The summed E-state index contributed by atoms with van der Waals surface area (Å²) in [5, 5.41) is 2.87. The predicted molar refractivity (Wildman–Crippen MR) is 104 cm³/mol. The van der Waals surface area contributed by atoms with E-state index >= 15 is 0 Å². The molecule has 0 radical (unpaired) electrons. The molecular weight excluding hydrogens is 328 g/mol. The normalized spacial score (nSPS) is 10.5. The van der Waals surface area contributed by atoms with Gasteiger partial charge in [-0.25, -0.2) is 0 Å². The average Bonchev–Trinajstić information content (AvgIpc) is 2.68. The highest BCUT2D eigenvalue weighted by Crippen LogP contribution is 2.17. The molecule has 5 heteroatoms. The fourth-order valence-corrected chi connectivity index (χ4v) is 2.41. The van der Waals surface area contributed by atoms with Crippen LogP contribution in [0.25, 0.3) is 0 Å². The van der Waals surface area contributed by atoms with Crippen LogP contribution in [0.15, 0.2) is 42.6 Å². The summed E-state index contributed by atoms with van der Waals surface area (Å²) in [5.41, 5.74) is 2.05. The van der Waals surface area contributed by atoms with Crippen molar-refractivity contribution in [2.75, 3.05) is 18.5 Å². The zero-order valence-corrected chi connectivity index (χ0v) is 15.7. The molecule has 0 aliphatic heterocycles. The lowest BCUT2D eigenvalue weighted by atomic mass is 10.2. The van der Waals surface area contributed by atoms with Gasteiger partial charge in [-0.15, -0.1) is 0 Å². The zero-order valence-electron chi connectivity index (χ0n) is 15.7. The lowest BCUT2D eigenvalue weighted by Gasteiger charge is -2.09. The molecule has 1 heterocycles. The van der Waals surface area contributed by atoms with Gasteiger partial charge in [0, 0.05) is 18.5 Å². The highest BCUT2D eigenvalue weighted by atomic mass is 16.5. The fourth-order valence-electron chi connectivity index (χ4n) is 2.41. The number of pyridine rings is 1. The molecule has 0 aliphatic carbocycles. The van der Waals surface area contributed by atoms with Crippen LogP contribution >= 0.6 is 0 Å². The van der Waals surface area contributed by atoms with Crippen molar-refractivity contribution >= 4 is 11.6 Å². The number of carbonyl (C=O) groups excluding carboxylic acids is 1. The minimum absolute atomic E-state index is 0.186. The maximum absolute atomic E-state index is 12.3. The van der Waals surface area contributed by atoms with Crippen molar-refractivity contribution in [1.82, 2.24) is 4.98 Å². The Morgan fingerprint density at radius 3 is 2.50 bits per heavy atom. The highest BCUT2D eigenvalue weighted by Gasteiger charge is 2.07. The van der Waals surface area contributed by atoms with Gasteiger partial charge in [-0.1, -0.05) is 26.2 Å². The molecule has 2 aromatic rings. The molecule has 0 atom stereocenters. The average molecular weight is 356 g/mol. The van der Waals surface area contributed by atoms with Crippen molar-refractivity contribution in [3.63, 3.8) is 0 Å². The van der Waals surface area contributed by atoms with Crippen LogP contribution in [0.3, 0.4) is 0 Å². The summed E-state index contributed by atoms with van der Waals surface area (Å²) in [6, 6.07) is 11.0. The van der Waals surface area contributed by atoms with Gasteiger partial charge in [-0.3, -0.25) is 9.78 Å². The topological polar surface area (TPSA) is 60.5 Å². The van der Waals surface area contributed by atoms with Crippen molar-refractivity contribution < 1.29 is 14.3 Å². The molecular formula is C21H28N2O3. The van der Waals surface area contributed by atoms with Gasteiger partial charge in [0.15, 0.2) is 0 Å². The van der Waals surface area contributed by atoms with Crippen LogP contribution in [0.4, 0.5) is 5.69 Å². The van der Waals surface area contributed by atoms with E-state index in [1.54, 1.807) is 18.3 Å². The summed E-state index contributed by atoms with van der Waals surface area (Å²) in [6.45, 7) is 5.95. The largest absolute Gasteiger partial charge is 0.494 e. The SMILES string of the molecule is CCCCCCOc1ccc(NC(=O)c2ccc(COCC)nc2)cc1. The Bertz CT molecular complexity index is 654. The molecule has 0 unspecified atom stereocenters. The number of anilines is 1. The van der Waals surface area contributed by atoms with Gasteiger partial charge in [-0.2, -0.15) is 0 Å². The number of amides is 1. The summed E-state index contributed by atoms with van der Waals surface area (Å²) < 4.78 is 11.0. The molecule has 0 saturated carbocycles. The maximum atomic E-state index is 12.3. The minimum atomic E-state index is -0.186. The van der Waals surface area contributed by atoms with Crippen LogP contribution in [0, 0.1) is 0 Å². The van der Waals surface area contributed by atoms with E-state index in [9.17, 15) is 4.79 Å². The fraction of sp³-hybridized carbons (Fsp3) is 0.429. The molecule has 1 N–H and O–H groups in total. The summed E-state index contributed by atoms with van der Waals surface area (Å²) in [5.74, 6) is 0.634. The summed E-state index contributed by atoms with van der Waals surface area (Å²) >= 11 is 0. The number of nitrogens with zero attached hydrogens (tertiary/aromatic N) is 1. The van der Waals surface area contributed by atoms with Gasteiger partial charge in [0.1, 0.15) is 5.75 Å². The number of rotatable bonds is 11. The number of ether oxygens (including phenoxy) is 2. The number of aromatic nitrogens is 1. The lowest BCUT2D eigenvalue weighted by molar-refractivity contribution is 0.102. The second kappa shape index (κ2) is 11.3. The molecule has 1 aromatic heterocycles. The summed E-state index contributed by atoms with van der Waals surface area (Å²) in [4.78, 5) is 16.5. The smallest absolute Gasteiger partial charge is 0.257 e. The quantitative estimate of drug-likeness (QED) is 0.586. The van der Waals surface area contributed by atoms with Crippen LogP contribution in [-0.2, 0) is 11.3 Å². The molecule has 1 aromatic carbocycles. The number of carbonyl (C=O) groups is 1. The number of benzene rings is 1. The number of nitrogens with one attached hydrogen (secondary N) is 1. The molecule has 0 spiro atoms. The summed E-state index contributed by atoms with van der Waals surface area (Å²) in [7, 11) is 0. The Balaban J connectivity index is 1.81. The van der Waals surface area contributed by atoms with Crippen LogP contribution in [-0.4, -0.2) is 24.1 Å². The van der Waals surface area contributed by atoms with Crippen LogP contribution in [0.1, 0.15) is 55.6 Å². The van der Waals surface area contributed by atoms with Gasteiger partial charge >= 0.3 is 0 Å². The van der Waals surface area contributed by atoms with Crippen molar-refractivity contribution in [2.24, 2.45) is 0 Å². The van der Waals surface area contributed by atoms with E-state index in [0.717, 1.165) is 30.2 Å². The van der Waals surface area contributed by atoms with Gasteiger partial charge in [0.05, 0.1) is 24.5 Å². The molecule has 0 fully saturated rings. The van der Waals surface area contributed by atoms with E-state index in [1.165, 1.54) is 19.3 Å². The van der Waals surface area contributed by atoms with Crippen LogP contribution in [0.5, 0.6) is 5.75 Å². The third-order valence-corrected chi connectivity index (χ3v) is 3.92. The monoisotopic (exact) mass is 356 g/mol. The second-order valence-corrected chi connectivity index (χ2v) is 6.06. The highest BCUT2D eigenvalue weighted by molar-refractivity contribution is 6.04. The van der Waals surface area contributed by atoms with E-state index < -0.39 is 0 Å². The molecule has 1 amide bonds. The van der Waals surface area contributed by atoms with Crippen molar-refractivity contribution in [3.05, 3.63) is 53.9 Å². The Morgan fingerprint density at radius 1 is 1.04 bits per heavy atom. The third-order valence-electron chi connectivity index (χ3n) is 3.92. The van der Waals surface area contributed by atoms with E-state index in [1.807, 2.05) is 31.2 Å². The minimum Gasteiger partial charge on any atom is -0.494 e. The van der Waals surface area contributed by atoms with Crippen molar-refractivity contribution in [2.45, 2.75) is 46.1 Å². The number of unbranched alkanes of at least 4 members (excludes halogenated alkanes) is 3. The number of hydrogen-bond donors (Lipinski definition) is 1. The first kappa shape index (κ1) is 19.9. The Kier molecular flexibility index (Phi) is 8.63. The third kappa shape index (κ3) is 6.84. The van der Waals surface area contributed by atoms with Crippen LogP contribution < -0.4 is 10.1 Å². The standard InChI is InChI=1S/C21H28N2O3/c1-3-5-6-7-14-26-20-12-10-18(11-13-20)23-21(24)17-8-9-19(22-15-17)16-25-4-2/h8-13,15H,3-7,14,16H2,1-2H3,(H,23,24). The first-order chi connectivity index (χ1) is 12.7. The molecule has 0 saturated heterocycles. The van der Waals surface area contributed by atoms with E-state index in [2.05, 4.69) is 17.2 Å². The molecule has 0 bridgehead atoms. The van der Waals surface area contributed by atoms with Gasteiger partial charge in [0.25, 0.3) is 5.91 Å². The first-order valence-electron chi connectivity index (χ1n) is 9.29.